The normalized spacial score (nSPS) is 15.5. The molecule has 0 spiro atoms. The SMILES string of the molecule is CC(C)C(C)(CC(C)(C)C)C(=O)OCC(=O)OC(C)(C)C. The molecule has 124 valence electrons. The summed E-state index contributed by atoms with van der Waals surface area (Å²) < 4.78 is 10.4. The maximum atomic E-state index is 12.4. The van der Waals surface area contributed by atoms with Crippen LogP contribution in [0.4, 0.5) is 0 Å². The first-order chi connectivity index (χ1) is 9.17. The molecule has 0 radical (unpaired) electrons. The van der Waals surface area contributed by atoms with Crippen LogP contribution in [0.2, 0.25) is 0 Å². The highest BCUT2D eigenvalue weighted by Gasteiger charge is 2.41. The minimum absolute atomic E-state index is 0.00393. The highest BCUT2D eigenvalue weighted by Crippen LogP contribution is 2.40. The third-order valence-electron chi connectivity index (χ3n) is 3.38. The monoisotopic (exact) mass is 300 g/mol. The summed E-state index contributed by atoms with van der Waals surface area (Å²) in [5, 5.41) is 0. The van der Waals surface area contributed by atoms with Gasteiger partial charge in [-0.05, 0) is 45.4 Å². The number of hydrogen-bond donors (Lipinski definition) is 0. The number of rotatable bonds is 5. The summed E-state index contributed by atoms with van der Waals surface area (Å²) in [4.78, 5) is 24.1. The predicted molar refractivity (Wildman–Crippen MR) is 83.8 cm³/mol. The van der Waals surface area contributed by atoms with Gasteiger partial charge in [0.25, 0.3) is 0 Å². The Labute approximate surface area is 129 Å². The second kappa shape index (κ2) is 6.80. The minimum atomic E-state index is -0.611. The van der Waals surface area contributed by atoms with E-state index in [1.807, 2.05) is 20.8 Å². The van der Waals surface area contributed by atoms with E-state index in [0.717, 1.165) is 0 Å². The number of hydrogen-bond acceptors (Lipinski definition) is 4. The number of carbonyl (C=O) groups is 2. The van der Waals surface area contributed by atoms with Gasteiger partial charge in [-0.1, -0.05) is 34.6 Å². The molecule has 0 aromatic carbocycles. The molecule has 1 unspecified atom stereocenters. The number of ether oxygens (including phenoxy) is 2. The van der Waals surface area contributed by atoms with Gasteiger partial charge >= 0.3 is 11.9 Å². The summed E-state index contributed by atoms with van der Waals surface area (Å²) in [6.45, 7) is 17.2. The Hall–Kier alpha value is -1.06. The van der Waals surface area contributed by atoms with Gasteiger partial charge in [0, 0.05) is 0 Å². The topological polar surface area (TPSA) is 52.6 Å². The van der Waals surface area contributed by atoms with Crippen molar-refractivity contribution in [3.8, 4) is 0 Å². The second-order valence-corrected chi connectivity index (χ2v) is 8.47. The van der Waals surface area contributed by atoms with Crippen LogP contribution in [-0.2, 0) is 19.1 Å². The van der Waals surface area contributed by atoms with Crippen LogP contribution in [0.15, 0.2) is 0 Å². The van der Waals surface area contributed by atoms with Gasteiger partial charge in [-0.3, -0.25) is 4.79 Å². The van der Waals surface area contributed by atoms with E-state index in [9.17, 15) is 9.59 Å². The van der Waals surface area contributed by atoms with Gasteiger partial charge in [-0.15, -0.1) is 0 Å². The molecule has 0 saturated carbocycles. The lowest BCUT2D eigenvalue weighted by molar-refractivity contribution is -0.173. The number of esters is 2. The highest BCUT2D eigenvalue weighted by molar-refractivity contribution is 5.80. The molecule has 0 saturated heterocycles. The van der Waals surface area contributed by atoms with Crippen LogP contribution in [0.3, 0.4) is 0 Å². The zero-order valence-electron chi connectivity index (χ0n) is 15.1. The summed E-state index contributed by atoms with van der Waals surface area (Å²) >= 11 is 0. The Morgan fingerprint density at radius 1 is 0.952 bits per heavy atom. The third kappa shape index (κ3) is 7.49. The highest BCUT2D eigenvalue weighted by atomic mass is 16.6. The van der Waals surface area contributed by atoms with E-state index in [2.05, 4.69) is 20.8 Å². The van der Waals surface area contributed by atoms with Gasteiger partial charge in [0.2, 0.25) is 0 Å². The quantitative estimate of drug-likeness (QED) is 0.721. The van der Waals surface area contributed by atoms with Crippen molar-refractivity contribution in [3.63, 3.8) is 0 Å². The fraction of sp³-hybridized carbons (Fsp3) is 0.882. The average Bonchev–Trinajstić information content (AvgIpc) is 2.20. The molecular weight excluding hydrogens is 268 g/mol. The molecule has 0 rings (SSSR count). The van der Waals surface area contributed by atoms with E-state index in [0.29, 0.717) is 6.42 Å². The van der Waals surface area contributed by atoms with E-state index in [1.165, 1.54) is 0 Å². The maximum Gasteiger partial charge on any atom is 0.344 e. The van der Waals surface area contributed by atoms with E-state index in [1.54, 1.807) is 20.8 Å². The summed E-state index contributed by atoms with van der Waals surface area (Å²) in [5.74, 6) is -0.723. The molecule has 1 atom stereocenters. The molecule has 0 heterocycles. The lowest BCUT2D eigenvalue weighted by Crippen LogP contribution is -2.39. The van der Waals surface area contributed by atoms with Crippen molar-refractivity contribution in [2.45, 2.75) is 74.3 Å². The Kier molecular flexibility index (Phi) is 6.46. The molecule has 0 aliphatic carbocycles. The Morgan fingerprint density at radius 3 is 1.76 bits per heavy atom. The smallest absolute Gasteiger partial charge is 0.344 e. The predicted octanol–water partition coefficient (Wildman–Crippen LogP) is 3.97. The van der Waals surface area contributed by atoms with Gasteiger partial charge in [-0.25, -0.2) is 4.79 Å². The Morgan fingerprint density at radius 2 is 1.43 bits per heavy atom. The molecule has 0 aliphatic heterocycles. The van der Waals surface area contributed by atoms with Gasteiger partial charge < -0.3 is 9.47 Å². The standard InChI is InChI=1S/C17H32O4/c1-12(2)17(9,11-15(3,4)5)14(19)20-10-13(18)21-16(6,7)8/h12H,10-11H2,1-9H3. The van der Waals surface area contributed by atoms with Crippen LogP contribution in [-0.4, -0.2) is 24.1 Å². The van der Waals surface area contributed by atoms with Gasteiger partial charge in [0.1, 0.15) is 5.60 Å². The first-order valence-electron chi connectivity index (χ1n) is 7.56. The first kappa shape index (κ1) is 19.9. The van der Waals surface area contributed by atoms with E-state index < -0.39 is 17.0 Å². The summed E-state index contributed by atoms with van der Waals surface area (Å²) in [5.41, 5.74) is -1.18. The van der Waals surface area contributed by atoms with Crippen molar-refractivity contribution in [3.05, 3.63) is 0 Å². The summed E-state index contributed by atoms with van der Waals surface area (Å²) in [6, 6.07) is 0. The lowest BCUT2D eigenvalue weighted by Gasteiger charge is -2.36. The molecule has 0 aromatic rings. The molecule has 0 amide bonds. The molecule has 0 fully saturated rings. The van der Waals surface area contributed by atoms with Crippen molar-refractivity contribution in [1.29, 1.82) is 0 Å². The molecule has 0 bridgehead atoms. The average molecular weight is 300 g/mol. The first-order valence-corrected chi connectivity index (χ1v) is 7.56. The zero-order valence-corrected chi connectivity index (χ0v) is 15.1. The van der Waals surface area contributed by atoms with Crippen LogP contribution >= 0.6 is 0 Å². The Bertz CT molecular complexity index is 371. The van der Waals surface area contributed by atoms with E-state index in [4.69, 9.17) is 9.47 Å². The second-order valence-electron chi connectivity index (χ2n) is 8.47. The fourth-order valence-electron chi connectivity index (χ4n) is 2.27. The zero-order chi connectivity index (χ0) is 17.1. The van der Waals surface area contributed by atoms with Crippen molar-refractivity contribution < 1.29 is 19.1 Å². The number of carbonyl (C=O) groups excluding carboxylic acids is 2. The Balaban J connectivity index is 4.76. The van der Waals surface area contributed by atoms with Crippen LogP contribution < -0.4 is 0 Å². The minimum Gasteiger partial charge on any atom is -0.457 e. The summed E-state index contributed by atoms with van der Waals surface area (Å²) in [6.07, 6.45) is 0.699. The van der Waals surface area contributed by atoms with Gasteiger partial charge in [-0.2, -0.15) is 0 Å². The molecule has 21 heavy (non-hydrogen) atoms. The van der Waals surface area contributed by atoms with Gasteiger partial charge in [0.05, 0.1) is 5.41 Å². The van der Waals surface area contributed by atoms with E-state index >= 15 is 0 Å². The van der Waals surface area contributed by atoms with Crippen molar-refractivity contribution in [1.82, 2.24) is 0 Å². The maximum absolute atomic E-state index is 12.4. The fourth-order valence-corrected chi connectivity index (χ4v) is 2.27. The van der Waals surface area contributed by atoms with Crippen LogP contribution in [0.1, 0.15) is 68.7 Å². The summed E-state index contributed by atoms with van der Waals surface area (Å²) in [7, 11) is 0. The van der Waals surface area contributed by atoms with Crippen molar-refractivity contribution >= 4 is 11.9 Å². The molecular formula is C17H32O4. The van der Waals surface area contributed by atoms with Crippen molar-refractivity contribution in [2.75, 3.05) is 6.61 Å². The molecule has 0 aromatic heterocycles. The van der Waals surface area contributed by atoms with Gasteiger partial charge in [0.15, 0.2) is 6.61 Å². The molecule has 0 N–H and O–H groups in total. The van der Waals surface area contributed by atoms with Crippen LogP contribution in [0, 0.1) is 16.7 Å². The molecule has 4 heteroatoms. The van der Waals surface area contributed by atoms with E-state index in [-0.39, 0.29) is 23.9 Å². The van der Waals surface area contributed by atoms with Crippen LogP contribution in [0.5, 0.6) is 0 Å². The van der Waals surface area contributed by atoms with Crippen molar-refractivity contribution in [2.24, 2.45) is 16.7 Å². The largest absolute Gasteiger partial charge is 0.457 e. The molecule has 0 aliphatic rings. The third-order valence-corrected chi connectivity index (χ3v) is 3.38. The van der Waals surface area contributed by atoms with Crippen LogP contribution in [0.25, 0.3) is 0 Å². The molecule has 4 nitrogen and oxygen atoms in total. The lowest BCUT2D eigenvalue weighted by atomic mass is 9.69.